The van der Waals surface area contributed by atoms with E-state index in [-0.39, 0.29) is 17.7 Å². The number of aryl methyl sites for hydroxylation is 2. The molecule has 0 spiro atoms. The molecular formula is C30H37F3N2O4. The van der Waals surface area contributed by atoms with Gasteiger partial charge in [0.05, 0.1) is 6.54 Å². The maximum Gasteiger partial charge on any atom is 0.573 e. The number of ether oxygens (including phenoxy) is 2. The molecule has 0 saturated carbocycles. The summed E-state index contributed by atoms with van der Waals surface area (Å²) in [6, 6.07) is 9.87. The van der Waals surface area contributed by atoms with Gasteiger partial charge in [0.1, 0.15) is 11.4 Å². The van der Waals surface area contributed by atoms with Gasteiger partial charge < -0.3 is 24.0 Å². The monoisotopic (exact) mass is 546 g/mol. The second-order valence-corrected chi connectivity index (χ2v) is 11.5. The van der Waals surface area contributed by atoms with E-state index >= 15 is 0 Å². The number of fused-ring (bicyclic) bond motifs is 1. The van der Waals surface area contributed by atoms with Gasteiger partial charge in [-0.2, -0.15) is 0 Å². The number of nitrogens with zero attached hydrogens (tertiary/aromatic N) is 2. The Bertz CT molecular complexity index is 1280. The molecule has 3 aromatic rings. The van der Waals surface area contributed by atoms with Crippen LogP contribution in [0.15, 0.2) is 42.6 Å². The Kier molecular flexibility index (Phi) is 8.37. The number of likely N-dealkylation sites (tertiary alicyclic amines) is 1. The lowest BCUT2D eigenvalue weighted by Gasteiger charge is -2.33. The summed E-state index contributed by atoms with van der Waals surface area (Å²) in [6.07, 6.45) is 1.96. The summed E-state index contributed by atoms with van der Waals surface area (Å²) >= 11 is 0. The van der Waals surface area contributed by atoms with Crippen LogP contribution in [0.4, 0.5) is 18.0 Å². The summed E-state index contributed by atoms with van der Waals surface area (Å²) < 4.78 is 48.4. The summed E-state index contributed by atoms with van der Waals surface area (Å²) in [7, 11) is 0. The smallest absolute Gasteiger partial charge is 0.494 e. The number of aromatic hydroxyl groups is 1. The van der Waals surface area contributed by atoms with Crippen molar-refractivity contribution in [2.45, 2.75) is 78.3 Å². The lowest BCUT2D eigenvalue weighted by atomic mass is 9.90. The maximum atomic E-state index is 12.4. The summed E-state index contributed by atoms with van der Waals surface area (Å²) in [6.45, 7) is 9.41. The predicted molar refractivity (Wildman–Crippen MR) is 144 cm³/mol. The third-order valence-electron chi connectivity index (χ3n) is 7.07. The number of aromatic nitrogens is 1. The highest BCUT2D eigenvalue weighted by molar-refractivity contribution is 5.91. The highest BCUT2D eigenvalue weighted by atomic mass is 19.4. The molecule has 9 heteroatoms. The quantitative estimate of drug-likeness (QED) is 0.332. The average molecular weight is 547 g/mol. The van der Waals surface area contributed by atoms with Crippen LogP contribution < -0.4 is 4.74 Å². The van der Waals surface area contributed by atoms with Crippen LogP contribution in [-0.4, -0.2) is 45.7 Å². The molecule has 6 nitrogen and oxygen atoms in total. The molecule has 1 aliphatic rings. The van der Waals surface area contributed by atoms with Crippen LogP contribution in [-0.2, 0) is 17.7 Å². The molecular weight excluding hydrogens is 509 g/mol. The van der Waals surface area contributed by atoms with Gasteiger partial charge in [-0.25, -0.2) is 4.79 Å². The van der Waals surface area contributed by atoms with Crippen molar-refractivity contribution >= 4 is 16.9 Å². The van der Waals surface area contributed by atoms with E-state index in [1.165, 1.54) is 17.7 Å². The van der Waals surface area contributed by atoms with Crippen molar-refractivity contribution in [1.29, 1.82) is 0 Å². The van der Waals surface area contributed by atoms with Gasteiger partial charge in [0.15, 0.2) is 5.88 Å². The van der Waals surface area contributed by atoms with Crippen molar-refractivity contribution in [3.63, 3.8) is 0 Å². The number of amides is 1. The van der Waals surface area contributed by atoms with Crippen molar-refractivity contribution < 1.29 is 32.5 Å². The van der Waals surface area contributed by atoms with Crippen LogP contribution in [0, 0.1) is 12.8 Å². The van der Waals surface area contributed by atoms with Gasteiger partial charge in [-0.3, -0.25) is 0 Å². The third kappa shape index (κ3) is 7.83. The zero-order valence-corrected chi connectivity index (χ0v) is 23.0. The van der Waals surface area contributed by atoms with Gasteiger partial charge >= 0.3 is 12.5 Å². The van der Waals surface area contributed by atoms with Gasteiger partial charge in [-0.1, -0.05) is 18.2 Å². The molecule has 1 aromatic heterocycles. The number of rotatable bonds is 7. The Labute approximate surface area is 227 Å². The van der Waals surface area contributed by atoms with Crippen LogP contribution in [0.5, 0.6) is 11.6 Å². The molecule has 2 aromatic carbocycles. The van der Waals surface area contributed by atoms with Gasteiger partial charge in [-0.15, -0.1) is 13.2 Å². The first-order chi connectivity index (χ1) is 18.3. The second kappa shape index (κ2) is 11.4. The minimum Gasteiger partial charge on any atom is -0.494 e. The van der Waals surface area contributed by atoms with Crippen LogP contribution in [0.2, 0.25) is 0 Å². The standard InChI is InChI=1S/C30H37F3N2O4/c1-20-16-23(7-5-6-21-12-14-34(15-13-21)28(37)39-29(2,3)4)17-24-19-35(27(36)26(20)24)18-22-8-10-25(11-9-22)38-30(31,32)33/h8-11,16-17,19,21,36H,5-7,12-15,18H2,1-4H3. The van der Waals surface area contributed by atoms with Crippen molar-refractivity contribution in [3.8, 4) is 11.6 Å². The molecule has 1 fully saturated rings. The molecule has 1 aliphatic heterocycles. The summed E-state index contributed by atoms with van der Waals surface area (Å²) in [5.74, 6) is 0.454. The molecule has 0 unspecified atom stereocenters. The number of hydrogen-bond donors (Lipinski definition) is 1. The molecule has 4 rings (SSSR count). The fourth-order valence-corrected chi connectivity index (χ4v) is 5.26. The minimum atomic E-state index is -4.73. The molecule has 0 aliphatic carbocycles. The zero-order chi connectivity index (χ0) is 28.4. The average Bonchev–Trinajstić information content (AvgIpc) is 3.14. The summed E-state index contributed by atoms with van der Waals surface area (Å²) in [5, 5.41) is 12.6. The Morgan fingerprint density at radius 3 is 2.33 bits per heavy atom. The second-order valence-electron chi connectivity index (χ2n) is 11.5. The van der Waals surface area contributed by atoms with E-state index < -0.39 is 12.0 Å². The van der Waals surface area contributed by atoms with Crippen molar-refractivity contribution in [3.05, 3.63) is 59.3 Å². The Morgan fingerprint density at radius 2 is 1.72 bits per heavy atom. The van der Waals surface area contributed by atoms with E-state index in [1.807, 2.05) is 33.9 Å². The number of carbonyl (C=O) groups is 1. The fourth-order valence-electron chi connectivity index (χ4n) is 5.26. The Morgan fingerprint density at radius 1 is 1.05 bits per heavy atom. The molecule has 0 atom stereocenters. The van der Waals surface area contributed by atoms with Crippen molar-refractivity contribution in [2.24, 2.45) is 5.92 Å². The van der Waals surface area contributed by atoms with E-state index in [4.69, 9.17) is 4.74 Å². The number of hydrogen-bond acceptors (Lipinski definition) is 4. The number of halogens is 3. The molecule has 2 heterocycles. The molecule has 39 heavy (non-hydrogen) atoms. The molecule has 212 valence electrons. The molecule has 1 saturated heterocycles. The number of benzene rings is 2. The molecule has 1 N–H and O–H groups in total. The Balaban J connectivity index is 1.32. The third-order valence-corrected chi connectivity index (χ3v) is 7.07. The predicted octanol–water partition coefficient (Wildman–Crippen LogP) is 7.57. The van der Waals surface area contributed by atoms with Gasteiger partial charge in [0, 0.05) is 30.1 Å². The molecule has 0 bridgehead atoms. The lowest BCUT2D eigenvalue weighted by Crippen LogP contribution is -2.41. The number of carbonyl (C=O) groups excluding carboxylic acids is 1. The van der Waals surface area contributed by atoms with E-state index in [0.29, 0.717) is 12.5 Å². The first kappa shape index (κ1) is 28.6. The minimum absolute atomic E-state index is 0.140. The topological polar surface area (TPSA) is 63.9 Å². The highest BCUT2D eigenvalue weighted by Crippen LogP contribution is 2.33. The first-order valence-electron chi connectivity index (χ1n) is 13.4. The van der Waals surface area contributed by atoms with Crippen LogP contribution >= 0.6 is 0 Å². The van der Waals surface area contributed by atoms with Gasteiger partial charge in [0.25, 0.3) is 0 Å². The maximum absolute atomic E-state index is 12.4. The van der Waals surface area contributed by atoms with Crippen LogP contribution in [0.25, 0.3) is 10.8 Å². The molecule has 1 amide bonds. The first-order valence-corrected chi connectivity index (χ1v) is 13.4. The Hall–Kier alpha value is -3.36. The van der Waals surface area contributed by atoms with Crippen molar-refractivity contribution in [1.82, 2.24) is 9.47 Å². The normalized spacial score (nSPS) is 15.1. The van der Waals surface area contributed by atoms with Gasteiger partial charge in [-0.05, 0) is 101 Å². The molecule has 0 radical (unpaired) electrons. The van der Waals surface area contributed by atoms with Gasteiger partial charge in [0.2, 0.25) is 0 Å². The number of piperidine rings is 1. The highest BCUT2D eigenvalue weighted by Gasteiger charge is 2.31. The largest absolute Gasteiger partial charge is 0.573 e. The SMILES string of the molecule is Cc1cc(CCCC2CCN(C(=O)OC(C)(C)C)CC2)cc2cn(Cc3ccc(OC(F)(F)F)cc3)c(O)c12. The number of alkyl halides is 3. The fraction of sp³-hybridized carbons (Fsp3) is 0.500. The lowest BCUT2D eigenvalue weighted by molar-refractivity contribution is -0.274. The summed E-state index contributed by atoms with van der Waals surface area (Å²) in [5.41, 5.74) is 2.46. The van der Waals surface area contributed by atoms with E-state index in [1.54, 1.807) is 21.6 Å². The van der Waals surface area contributed by atoms with E-state index in [2.05, 4.69) is 16.9 Å². The van der Waals surface area contributed by atoms with E-state index in [9.17, 15) is 23.1 Å². The summed E-state index contributed by atoms with van der Waals surface area (Å²) in [4.78, 5) is 14.1. The van der Waals surface area contributed by atoms with Crippen LogP contribution in [0.1, 0.15) is 63.1 Å². The van der Waals surface area contributed by atoms with E-state index in [0.717, 1.165) is 67.1 Å². The van der Waals surface area contributed by atoms with Crippen LogP contribution in [0.3, 0.4) is 0 Å². The van der Waals surface area contributed by atoms with Crippen molar-refractivity contribution in [2.75, 3.05) is 13.1 Å². The zero-order valence-electron chi connectivity index (χ0n) is 23.0.